The topological polar surface area (TPSA) is 14.2 Å². The van der Waals surface area contributed by atoms with Crippen molar-refractivity contribution in [2.75, 3.05) is 0 Å². The van der Waals surface area contributed by atoms with Crippen molar-refractivity contribution in [3.05, 3.63) is 127 Å². The highest BCUT2D eigenvalue weighted by atomic mass is 28.3. The van der Waals surface area contributed by atoms with Crippen LogP contribution in [0.1, 0.15) is 31.0 Å². The summed E-state index contributed by atoms with van der Waals surface area (Å²) in [5, 5.41) is 5.96. The van der Waals surface area contributed by atoms with Crippen molar-refractivity contribution in [3.63, 3.8) is 0 Å². The van der Waals surface area contributed by atoms with Gasteiger partial charge in [0.2, 0.25) is 0 Å². The predicted octanol–water partition coefficient (Wildman–Crippen LogP) is 4.93. The van der Waals surface area contributed by atoms with Gasteiger partial charge >= 0.3 is 0 Å². The van der Waals surface area contributed by atoms with Crippen LogP contribution in [0.15, 0.2) is 115 Å². The molecule has 1 aliphatic carbocycles. The third kappa shape index (κ3) is 3.16. The molecule has 0 amide bonds. The molecule has 0 radical (unpaired) electrons. The summed E-state index contributed by atoms with van der Waals surface area (Å²) >= 11 is 0. The zero-order chi connectivity index (χ0) is 27.8. The Kier molecular flexibility index (Phi) is 5.28. The third-order valence-corrected chi connectivity index (χ3v) is 15.4. The second kappa shape index (κ2) is 9.11. The van der Waals surface area contributed by atoms with Crippen LogP contribution < -0.4 is 36.7 Å². The van der Waals surface area contributed by atoms with E-state index in [0.29, 0.717) is 0 Å². The van der Waals surface area contributed by atoms with Crippen molar-refractivity contribution in [1.29, 1.82) is 0 Å². The van der Waals surface area contributed by atoms with Crippen molar-refractivity contribution >= 4 is 57.6 Å². The molecule has 3 heterocycles. The lowest BCUT2D eigenvalue weighted by Crippen LogP contribution is -2.82. The van der Waals surface area contributed by atoms with Gasteiger partial charge in [-0.05, 0) is 76.8 Å². The van der Waals surface area contributed by atoms with Crippen LogP contribution >= 0.6 is 0 Å². The van der Waals surface area contributed by atoms with Crippen LogP contribution in [0, 0.1) is 0 Å². The first-order valence-corrected chi connectivity index (χ1v) is 17.7. The van der Waals surface area contributed by atoms with Gasteiger partial charge < -0.3 is 9.30 Å². The normalized spacial score (nSPS) is 18.1. The first kappa shape index (κ1) is 24.3. The van der Waals surface area contributed by atoms with Gasteiger partial charge in [-0.25, -0.2) is 0 Å². The number of aromatic nitrogens is 1. The minimum Gasteiger partial charge on any atom is -0.458 e. The highest BCUT2D eigenvalue weighted by Gasteiger charge is 2.50. The summed E-state index contributed by atoms with van der Waals surface area (Å²) in [6, 6.07) is 44.5. The molecule has 3 aliphatic rings. The maximum Gasteiger partial charge on any atom is 0.250 e. The van der Waals surface area contributed by atoms with Gasteiger partial charge in [-0.3, -0.25) is 0 Å². The summed E-state index contributed by atoms with van der Waals surface area (Å²) in [5.41, 5.74) is 9.73. The fourth-order valence-electron chi connectivity index (χ4n) is 8.58. The zero-order valence-electron chi connectivity index (χ0n) is 23.9. The monoisotopic (exact) mass is 557 g/mol. The number of benzene rings is 5. The molecule has 0 spiro atoms. The van der Waals surface area contributed by atoms with E-state index in [1.54, 1.807) is 10.8 Å². The molecule has 2 nitrogen and oxygen atoms in total. The van der Waals surface area contributed by atoms with Crippen LogP contribution in [-0.4, -0.2) is 19.4 Å². The number of para-hydroxylation sites is 2. The van der Waals surface area contributed by atoms with Crippen LogP contribution in [-0.2, 0) is 12.8 Å². The Labute approximate surface area is 248 Å². The van der Waals surface area contributed by atoms with Gasteiger partial charge in [0.15, 0.2) is 0 Å². The lowest BCUT2D eigenvalue weighted by atomic mass is 9.35. The Bertz CT molecular complexity index is 2030. The molecule has 0 bridgehead atoms. The van der Waals surface area contributed by atoms with Crippen molar-refractivity contribution in [3.8, 4) is 17.2 Å². The minimum atomic E-state index is -2.39. The molecule has 9 rings (SSSR count). The van der Waals surface area contributed by atoms with Gasteiger partial charge in [-0.15, -0.1) is 0 Å². The van der Waals surface area contributed by atoms with E-state index in [1.807, 2.05) is 0 Å². The first-order valence-electron chi connectivity index (χ1n) is 15.5. The molecule has 1 aromatic heterocycles. The number of nitrogens with zero attached hydrogens (tertiary/aromatic N) is 1. The molecular formula is C38H32BNOSi. The van der Waals surface area contributed by atoms with E-state index >= 15 is 0 Å². The van der Waals surface area contributed by atoms with E-state index < -0.39 is 8.07 Å². The van der Waals surface area contributed by atoms with Crippen molar-refractivity contribution in [1.82, 2.24) is 4.57 Å². The standard InChI is InChI=1S/C38H32BNOSi/c1-2-42(27-14-4-3-5-15-27)36-23-13-9-19-31(36)39-30-18-8-12-22-34(30)41-35-24-26(25-37(42)38(35)39)40-32-20-10-6-16-28(32)29-17-7-11-21-33(29)40/h3-6,8-10,12-16,18-20,22-25H,2,7,11,17,21H2,1H3. The van der Waals surface area contributed by atoms with Crippen LogP contribution in [0.3, 0.4) is 0 Å². The summed E-state index contributed by atoms with van der Waals surface area (Å²) in [4.78, 5) is 0. The molecule has 0 fully saturated rings. The SMILES string of the molecule is CC[Si]1(c2ccccc2)c2ccccc2B2c3ccccc3Oc3cc(-n4c5c(c6ccccc64)CCCC5)cc1c32. The van der Waals surface area contributed by atoms with Crippen molar-refractivity contribution in [2.45, 2.75) is 38.7 Å². The summed E-state index contributed by atoms with van der Waals surface area (Å²) in [6.07, 6.45) is 4.81. The Morgan fingerprint density at radius 1 is 0.714 bits per heavy atom. The van der Waals surface area contributed by atoms with Crippen LogP contribution in [0.4, 0.5) is 0 Å². The molecule has 2 aliphatic heterocycles. The highest BCUT2D eigenvalue weighted by molar-refractivity contribution is 7.20. The average molecular weight is 558 g/mol. The lowest BCUT2D eigenvalue weighted by Gasteiger charge is -2.44. The second-order valence-corrected chi connectivity index (χ2v) is 16.3. The quantitative estimate of drug-likeness (QED) is 0.281. The largest absolute Gasteiger partial charge is 0.458 e. The Balaban J connectivity index is 1.42. The van der Waals surface area contributed by atoms with E-state index in [-0.39, 0.29) is 6.71 Å². The van der Waals surface area contributed by atoms with Gasteiger partial charge in [0.25, 0.3) is 6.71 Å². The predicted molar refractivity (Wildman–Crippen MR) is 179 cm³/mol. The molecule has 42 heavy (non-hydrogen) atoms. The first-order chi connectivity index (χ1) is 20.8. The molecule has 0 saturated heterocycles. The summed E-state index contributed by atoms with van der Waals surface area (Å²) in [7, 11) is -2.39. The molecule has 202 valence electrons. The molecule has 0 N–H and O–H groups in total. The number of aryl methyl sites for hydroxylation is 1. The van der Waals surface area contributed by atoms with Gasteiger partial charge in [0, 0.05) is 22.8 Å². The summed E-state index contributed by atoms with van der Waals surface area (Å²) < 4.78 is 9.50. The van der Waals surface area contributed by atoms with E-state index in [9.17, 15) is 0 Å². The number of hydrogen-bond acceptors (Lipinski definition) is 1. The van der Waals surface area contributed by atoms with Crippen molar-refractivity contribution < 1.29 is 4.74 Å². The van der Waals surface area contributed by atoms with Gasteiger partial charge in [0.1, 0.15) is 19.6 Å². The van der Waals surface area contributed by atoms with Crippen LogP contribution in [0.2, 0.25) is 6.04 Å². The molecule has 5 aromatic carbocycles. The number of fused-ring (bicyclic) bond motifs is 7. The zero-order valence-corrected chi connectivity index (χ0v) is 24.9. The Morgan fingerprint density at radius 3 is 2.33 bits per heavy atom. The molecule has 0 saturated carbocycles. The van der Waals surface area contributed by atoms with Crippen molar-refractivity contribution in [2.24, 2.45) is 0 Å². The molecule has 4 heteroatoms. The van der Waals surface area contributed by atoms with Crippen LogP contribution in [0.25, 0.3) is 16.6 Å². The Morgan fingerprint density at radius 2 is 1.45 bits per heavy atom. The number of rotatable bonds is 3. The van der Waals surface area contributed by atoms with E-state index in [1.165, 1.54) is 61.9 Å². The maximum absolute atomic E-state index is 6.92. The Hall–Kier alpha value is -4.28. The number of hydrogen-bond donors (Lipinski definition) is 0. The molecule has 1 unspecified atom stereocenters. The smallest absolute Gasteiger partial charge is 0.250 e. The van der Waals surface area contributed by atoms with Gasteiger partial charge in [-0.1, -0.05) is 109 Å². The van der Waals surface area contributed by atoms with E-state index in [2.05, 4.69) is 127 Å². The molecular weight excluding hydrogens is 525 g/mol. The molecule has 6 aromatic rings. The summed E-state index contributed by atoms with van der Waals surface area (Å²) in [6.45, 7) is 2.59. The fourth-order valence-corrected chi connectivity index (χ4v) is 13.6. The second-order valence-electron chi connectivity index (χ2n) is 12.2. The number of ether oxygens (including phenoxy) is 1. The van der Waals surface area contributed by atoms with Crippen LogP contribution in [0.5, 0.6) is 11.5 Å². The maximum atomic E-state index is 6.92. The average Bonchev–Trinajstić information content (AvgIpc) is 3.39. The van der Waals surface area contributed by atoms with Gasteiger partial charge in [-0.2, -0.15) is 0 Å². The van der Waals surface area contributed by atoms with Gasteiger partial charge in [0.05, 0.1) is 5.52 Å². The fraction of sp³-hybridized carbons (Fsp3) is 0.158. The minimum absolute atomic E-state index is 0.177. The highest BCUT2D eigenvalue weighted by Crippen LogP contribution is 2.36. The van der Waals surface area contributed by atoms with E-state index in [0.717, 1.165) is 30.4 Å². The molecule has 1 atom stereocenters. The lowest BCUT2D eigenvalue weighted by molar-refractivity contribution is 0.487. The third-order valence-electron chi connectivity index (χ3n) is 10.3. The van der Waals surface area contributed by atoms with E-state index in [4.69, 9.17) is 4.74 Å². The summed E-state index contributed by atoms with van der Waals surface area (Å²) in [5.74, 6) is 2.02.